The van der Waals surface area contributed by atoms with E-state index in [-0.39, 0.29) is 5.91 Å². The van der Waals surface area contributed by atoms with Crippen LogP contribution in [0.15, 0.2) is 24.5 Å². The lowest BCUT2D eigenvalue weighted by molar-refractivity contribution is -0.130. The third-order valence-electron chi connectivity index (χ3n) is 3.51. The predicted molar refractivity (Wildman–Crippen MR) is 82.2 cm³/mol. The number of carbonyl (C=O) groups excluding carboxylic acids is 1. The quantitative estimate of drug-likeness (QED) is 0.791. The summed E-state index contributed by atoms with van der Waals surface area (Å²) in [6.07, 6.45) is 6.00. The van der Waals surface area contributed by atoms with Crippen molar-refractivity contribution in [1.82, 2.24) is 9.88 Å². The smallest absolute Gasteiger partial charge is 0.222 e. The fourth-order valence-corrected chi connectivity index (χ4v) is 2.30. The van der Waals surface area contributed by atoms with Gasteiger partial charge in [-0.3, -0.25) is 9.78 Å². The van der Waals surface area contributed by atoms with Gasteiger partial charge in [-0.05, 0) is 48.9 Å². The Kier molecular flexibility index (Phi) is 7.23. The Morgan fingerprint density at radius 2 is 2.00 bits per heavy atom. The van der Waals surface area contributed by atoms with Crippen molar-refractivity contribution in [3.8, 4) is 0 Å². The maximum atomic E-state index is 12.2. The Hall–Kier alpha value is -1.42. The first kappa shape index (κ1) is 16.6. The first-order valence-corrected chi connectivity index (χ1v) is 7.35. The first-order chi connectivity index (χ1) is 9.52. The van der Waals surface area contributed by atoms with Gasteiger partial charge in [-0.2, -0.15) is 0 Å². The molecule has 0 fully saturated rings. The highest BCUT2D eigenvalue weighted by atomic mass is 16.2. The number of amides is 1. The van der Waals surface area contributed by atoms with Crippen LogP contribution in [0.4, 0.5) is 0 Å². The molecule has 0 aromatic carbocycles. The second-order valence-electron chi connectivity index (χ2n) is 5.86. The molecule has 4 heteroatoms. The number of pyridine rings is 1. The van der Waals surface area contributed by atoms with Gasteiger partial charge in [-0.1, -0.05) is 13.8 Å². The van der Waals surface area contributed by atoms with Crippen molar-refractivity contribution < 1.29 is 4.79 Å². The molecule has 0 bridgehead atoms. The Bertz CT molecular complexity index is 392. The molecular weight excluding hydrogens is 250 g/mol. The van der Waals surface area contributed by atoms with Crippen LogP contribution in [0.25, 0.3) is 0 Å². The first-order valence-electron chi connectivity index (χ1n) is 7.35. The average molecular weight is 277 g/mol. The molecule has 0 aliphatic heterocycles. The molecule has 1 rings (SSSR count). The van der Waals surface area contributed by atoms with Gasteiger partial charge in [0.2, 0.25) is 5.91 Å². The standard InChI is InChI=1S/C16H27N3O/c1-13(2)10-15(12-17)11-16(20)19(3)9-6-14-4-7-18-8-5-14/h4-5,7-8,13,15H,6,9-12,17H2,1-3H3/t15-/m0/s1. The topological polar surface area (TPSA) is 59.2 Å². The lowest BCUT2D eigenvalue weighted by Crippen LogP contribution is -2.32. The normalized spacial score (nSPS) is 12.4. The molecule has 1 aromatic heterocycles. The van der Waals surface area contributed by atoms with Crippen LogP contribution in [0, 0.1) is 11.8 Å². The number of rotatable bonds is 8. The van der Waals surface area contributed by atoms with Crippen LogP contribution in [0.5, 0.6) is 0 Å². The lowest BCUT2D eigenvalue weighted by atomic mass is 9.94. The molecule has 1 amide bonds. The summed E-state index contributed by atoms with van der Waals surface area (Å²) in [5, 5.41) is 0. The second-order valence-corrected chi connectivity index (χ2v) is 5.86. The summed E-state index contributed by atoms with van der Waals surface area (Å²) in [6, 6.07) is 3.97. The van der Waals surface area contributed by atoms with Crippen molar-refractivity contribution in [1.29, 1.82) is 0 Å². The lowest BCUT2D eigenvalue weighted by Gasteiger charge is -2.22. The minimum Gasteiger partial charge on any atom is -0.345 e. The molecule has 1 heterocycles. The fourth-order valence-electron chi connectivity index (χ4n) is 2.30. The van der Waals surface area contributed by atoms with E-state index in [1.807, 2.05) is 24.1 Å². The fraction of sp³-hybridized carbons (Fsp3) is 0.625. The summed E-state index contributed by atoms with van der Waals surface area (Å²) in [5.41, 5.74) is 6.96. The van der Waals surface area contributed by atoms with Crippen molar-refractivity contribution in [3.63, 3.8) is 0 Å². The van der Waals surface area contributed by atoms with Crippen LogP contribution in [0.1, 0.15) is 32.3 Å². The zero-order chi connectivity index (χ0) is 15.0. The van der Waals surface area contributed by atoms with Crippen molar-refractivity contribution in [2.24, 2.45) is 17.6 Å². The highest BCUT2D eigenvalue weighted by Gasteiger charge is 2.16. The Labute approximate surface area is 122 Å². The number of likely N-dealkylation sites (N-methyl/N-ethyl adjacent to an activating group) is 1. The Morgan fingerprint density at radius 3 is 2.55 bits per heavy atom. The van der Waals surface area contributed by atoms with Gasteiger partial charge in [0.25, 0.3) is 0 Å². The van der Waals surface area contributed by atoms with Crippen LogP contribution in [-0.4, -0.2) is 35.9 Å². The maximum absolute atomic E-state index is 12.2. The summed E-state index contributed by atoms with van der Waals surface area (Å²) in [7, 11) is 1.87. The molecule has 0 aliphatic rings. The minimum atomic E-state index is 0.190. The molecule has 1 atom stereocenters. The molecule has 20 heavy (non-hydrogen) atoms. The summed E-state index contributed by atoms with van der Waals surface area (Å²) < 4.78 is 0. The zero-order valence-electron chi connectivity index (χ0n) is 12.9. The molecule has 0 spiro atoms. The summed E-state index contributed by atoms with van der Waals surface area (Å²) in [5.74, 6) is 1.07. The van der Waals surface area contributed by atoms with Crippen molar-refractivity contribution in [2.75, 3.05) is 20.1 Å². The second kappa shape index (κ2) is 8.69. The number of hydrogen-bond acceptors (Lipinski definition) is 3. The van der Waals surface area contributed by atoms with Crippen molar-refractivity contribution in [3.05, 3.63) is 30.1 Å². The highest BCUT2D eigenvalue weighted by molar-refractivity contribution is 5.76. The maximum Gasteiger partial charge on any atom is 0.222 e. The molecule has 0 radical (unpaired) electrons. The van der Waals surface area contributed by atoms with Crippen LogP contribution in [0.2, 0.25) is 0 Å². The number of aromatic nitrogens is 1. The van der Waals surface area contributed by atoms with Gasteiger partial charge in [0.15, 0.2) is 0 Å². The van der Waals surface area contributed by atoms with Gasteiger partial charge in [0, 0.05) is 32.4 Å². The van der Waals surface area contributed by atoms with E-state index < -0.39 is 0 Å². The third kappa shape index (κ3) is 6.15. The molecule has 4 nitrogen and oxygen atoms in total. The molecule has 1 aromatic rings. The van der Waals surface area contributed by atoms with Crippen LogP contribution in [-0.2, 0) is 11.2 Å². The SMILES string of the molecule is CC(C)C[C@H](CN)CC(=O)N(C)CCc1ccncc1. The number of hydrogen-bond donors (Lipinski definition) is 1. The van der Waals surface area contributed by atoms with E-state index in [0.717, 1.165) is 19.4 Å². The number of nitrogens with two attached hydrogens (primary N) is 1. The molecule has 0 saturated carbocycles. The van der Waals surface area contributed by atoms with E-state index >= 15 is 0 Å². The molecule has 2 N–H and O–H groups in total. The number of carbonyl (C=O) groups is 1. The highest BCUT2D eigenvalue weighted by Crippen LogP contribution is 2.15. The van der Waals surface area contributed by atoms with Crippen molar-refractivity contribution >= 4 is 5.91 Å². The largest absolute Gasteiger partial charge is 0.345 e. The van der Waals surface area contributed by atoms with Gasteiger partial charge in [0.1, 0.15) is 0 Å². The molecule has 0 unspecified atom stereocenters. The summed E-state index contributed by atoms with van der Waals surface area (Å²) >= 11 is 0. The monoisotopic (exact) mass is 277 g/mol. The molecule has 0 aliphatic carbocycles. The van der Waals surface area contributed by atoms with E-state index in [2.05, 4.69) is 18.8 Å². The van der Waals surface area contributed by atoms with Gasteiger partial charge in [-0.15, -0.1) is 0 Å². The van der Waals surface area contributed by atoms with E-state index in [4.69, 9.17) is 5.73 Å². The zero-order valence-corrected chi connectivity index (χ0v) is 12.9. The van der Waals surface area contributed by atoms with E-state index in [1.54, 1.807) is 12.4 Å². The average Bonchev–Trinajstić information content (AvgIpc) is 2.44. The molecule has 0 saturated heterocycles. The van der Waals surface area contributed by atoms with Crippen LogP contribution >= 0.6 is 0 Å². The van der Waals surface area contributed by atoms with Gasteiger partial charge in [-0.25, -0.2) is 0 Å². The predicted octanol–water partition coefficient (Wildman–Crippen LogP) is 2.09. The van der Waals surface area contributed by atoms with E-state index in [1.165, 1.54) is 5.56 Å². The van der Waals surface area contributed by atoms with Crippen LogP contribution in [0.3, 0.4) is 0 Å². The third-order valence-corrected chi connectivity index (χ3v) is 3.51. The Balaban J connectivity index is 2.38. The van der Waals surface area contributed by atoms with E-state index in [0.29, 0.717) is 24.8 Å². The Morgan fingerprint density at radius 1 is 1.35 bits per heavy atom. The van der Waals surface area contributed by atoms with Gasteiger partial charge >= 0.3 is 0 Å². The number of nitrogens with zero attached hydrogens (tertiary/aromatic N) is 2. The minimum absolute atomic E-state index is 0.190. The summed E-state index contributed by atoms with van der Waals surface area (Å²) in [4.78, 5) is 18.0. The van der Waals surface area contributed by atoms with Gasteiger partial charge < -0.3 is 10.6 Å². The molecule has 112 valence electrons. The van der Waals surface area contributed by atoms with E-state index in [9.17, 15) is 4.79 Å². The summed E-state index contributed by atoms with van der Waals surface area (Å²) in [6.45, 7) is 5.66. The molecular formula is C16H27N3O. The van der Waals surface area contributed by atoms with Crippen LogP contribution < -0.4 is 5.73 Å². The van der Waals surface area contributed by atoms with Gasteiger partial charge in [0.05, 0.1) is 0 Å². The van der Waals surface area contributed by atoms with Crippen molar-refractivity contribution in [2.45, 2.75) is 33.1 Å².